The highest BCUT2D eigenvalue weighted by Gasteiger charge is 2.44. The number of para-hydroxylation sites is 2. The number of anilines is 2. The highest BCUT2D eigenvalue weighted by atomic mass is 16.5. The van der Waals surface area contributed by atoms with Gasteiger partial charge in [-0.3, -0.25) is 34.2 Å². The summed E-state index contributed by atoms with van der Waals surface area (Å²) < 4.78 is 11.2. The Kier molecular flexibility index (Phi) is 7.98. The first-order valence-corrected chi connectivity index (χ1v) is 14.2. The highest BCUT2D eigenvalue weighted by molar-refractivity contribution is 6.23. The molecule has 11 nitrogen and oxygen atoms in total. The number of hydrogen-bond acceptors (Lipinski definition) is 8. The van der Waals surface area contributed by atoms with Crippen LogP contribution in [0.5, 0.6) is 17.2 Å². The van der Waals surface area contributed by atoms with Gasteiger partial charge in [-0.25, -0.2) is 0 Å². The summed E-state index contributed by atoms with van der Waals surface area (Å²) in [6.45, 7) is 0.387. The summed E-state index contributed by atoms with van der Waals surface area (Å²) in [5.41, 5.74) is 2.86. The third-order valence-electron chi connectivity index (χ3n) is 7.58. The zero-order chi connectivity index (χ0) is 31.5. The van der Waals surface area contributed by atoms with E-state index >= 15 is 0 Å². The summed E-state index contributed by atoms with van der Waals surface area (Å²) in [6.07, 6.45) is 0.155. The molecule has 11 heteroatoms. The van der Waals surface area contributed by atoms with Crippen LogP contribution in [0.15, 0.2) is 91.0 Å². The number of fused-ring (bicyclic) bond motifs is 1. The number of methoxy groups -OCH3 is 1. The second-order valence-corrected chi connectivity index (χ2v) is 10.5. The molecule has 0 saturated carbocycles. The fourth-order valence-electron chi connectivity index (χ4n) is 5.18. The second kappa shape index (κ2) is 12.3. The van der Waals surface area contributed by atoms with Crippen molar-refractivity contribution in [3.8, 4) is 17.2 Å². The zero-order valence-electron chi connectivity index (χ0n) is 24.2. The van der Waals surface area contributed by atoms with Crippen LogP contribution in [0.1, 0.15) is 49.5 Å². The van der Waals surface area contributed by atoms with Crippen molar-refractivity contribution in [1.82, 2.24) is 10.2 Å². The van der Waals surface area contributed by atoms with E-state index in [0.29, 0.717) is 40.7 Å². The smallest absolute Gasteiger partial charge is 0.262 e. The number of piperidine rings is 1. The van der Waals surface area contributed by atoms with E-state index in [1.54, 1.807) is 79.9 Å². The molecule has 3 N–H and O–H groups in total. The predicted molar refractivity (Wildman–Crippen MR) is 164 cm³/mol. The van der Waals surface area contributed by atoms with Crippen molar-refractivity contribution in [2.75, 3.05) is 17.7 Å². The second-order valence-electron chi connectivity index (χ2n) is 10.5. The third-order valence-corrected chi connectivity index (χ3v) is 7.58. The minimum Gasteiger partial charge on any atom is -0.497 e. The van der Waals surface area contributed by atoms with E-state index in [2.05, 4.69) is 16.0 Å². The van der Waals surface area contributed by atoms with Gasteiger partial charge in [0.2, 0.25) is 11.8 Å². The average Bonchev–Trinajstić information content (AvgIpc) is 3.30. The lowest BCUT2D eigenvalue weighted by Crippen LogP contribution is -2.54. The van der Waals surface area contributed by atoms with Crippen molar-refractivity contribution in [1.29, 1.82) is 0 Å². The van der Waals surface area contributed by atoms with Gasteiger partial charge in [-0.1, -0.05) is 24.3 Å². The first-order valence-electron chi connectivity index (χ1n) is 14.2. The minimum atomic E-state index is -1.02. The van der Waals surface area contributed by atoms with Crippen molar-refractivity contribution in [3.63, 3.8) is 0 Å². The number of ether oxygens (including phenoxy) is 2. The molecule has 0 spiro atoms. The third kappa shape index (κ3) is 6.09. The van der Waals surface area contributed by atoms with E-state index in [1.165, 1.54) is 0 Å². The fraction of sp³-hybridized carbons (Fsp3) is 0.147. The molecule has 0 aliphatic carbocycles. The molecule has 0 radical (unpaired) electrons. The molecule has 5 amide bonds. The molecule has 226 valence electrons. The van der Waals surface area contributed by atoms with Gasteiger partial charge in [0.15, 0.2) is 5.75 Å². The summed E-state index contributed by atoms with van der Waals surface area (Å²) in [6, 6.07) is 25.1. The van der Waals surface area contributed by atoms with Crippen molar-refractivity contribution >= 4 is 40.9 Å². The molecule has 2 aliphatic heterocycles. The van der Waals surface area contributed by atoms with Crippen LogP contribution in [0.3, 0.4) is 0 Å². The Morgan fingerprint density at radius 1 is 0.867 bits per heavy atom. The van der Waals surface area contributed by atoms with Crippen LogP contribution in [0.2, 0.25) is 0 Å². The SMILES string of the molecule is COc1ccc(Oc2ccccc2NC(=O)c2ccc(CNc3ccc4c(c3)C(=O)N(C3CCC(=O)NC3=O)C4=O)cc2)cc1. The lowest BCUT2D eigenvalue weighted by atomic mass is 10.0. The Bertz CT molecular complexity index is 1820. The van der Waals surface area contributed by atoms with Gasteiger partial charge in [0.25, 0.3) is 17.7 Å². The topological polar surface area (TPSA) is 143 Å². The monoisotopic (exact) mass is 604 g/mol. The van der Waals surface area contributed by atoms with Crippen LogP contribution >= 0.6 is 0 Å². The minimum absolute atomic E-state index is 0.0589. The van der Waals surface area contributed by atoms with Gasteiger partial charge in [0.1, 0.15) is 17.5 Å². The maximum atomic E-state index is 13.1. The molecule has 2 aliphatic rings. The van der Waals surface area contributed by atoms with Crippen LogP contribution in [-0.4, -0.2) is 47.6 Å². The first-order chi connectivity index (χ1) is 21.8. The molecule has 4 aromatic carbocycles. The summed E-state index contributed by atoms with van der Waals surface area (Å²) in [5, 5.41) is 8.32. The molecular formula is C34H28N4O7. The number of nitrogens with one attached hydrogen (secondary N) is 3. The molecule has 2 heterocycles. The Hall–Kier alpha value is -5.97. The van der Waals surface area contributed by atoms with Crippen LogP contribution in [0, 0.1) is 0 Å². The van der Waals surface area contributed by atoms with Crippen LogP contribution in [0.25, 0.3) is 0 Å². The van der Waals surface area contributed by atoms with Gasteiger partial charge in [-0.15, -0.1) is 0 Å². The summed E-state index contributed by atoms with van der Waals surface area (Å²) in [5.74, 6) is -0.704. The van der Waals surface area contributed by atoms with E-state index in [1.807, 2.05) is 18.2 Å². The molecule has 1 unspecified atom stereocenters. The number of nitrogens with zero attached hydrogens (tertiary/aromatic N) is 1. The Labute approximate surface area is 258 Å². The maximum Gasteiger partial charge on any atom is 0.262 e. The molecule has 45 heavy (non-hydrogen) atoms. The normalized spacial score (nSPS) is 15.8. The van der Waals surface area contributed by atoms with Gasteiger partial charge >= 0.3 is 0 Å². The standard InChI is InChI=1S/C34H28N4O7/c1-44-23-11-13-24(14-12-23)45-29-5-3-2-4-27(29)36-31(40)21-8-6-20(7-9-21)19-35-22-10-15-25-26(18-22)34(43)38(33(25)42)28-16-17-30(39)37-32(28)41/h2-15,18,28,35H,16-17,19H2,1H3,(H,36,40)(H,37,39,41). The predicted octanol–water partition coefficient (Wildman–Crippen LogP) is 4.75. The molecule has 6 rings (SSSR count). The summed E-state index contributed by atoms with van der Waals surface area (Å²) in [4.78, 5) is 63.8. The molecule has 1 atom stereocenters. The van der Waals surface area contributed by atoms with E-state index in [0.717, 1.165) is 10.5 Å². The van der Waals surface area contributed by atoms with Gasteiger partial charge in [0, 0.05) is 24.2 Å². The van der Waals surface area contributed by atoms with Gasteiger partial charge in [-0.2, -0.15) is 0 Å². The number of imide groups is 2. The van der Waals surface area contributed by atoms with Gasteiger partial charge < -0.3 is 20.1 Å². The highest BCUT2D eigenvalue weighted by Crippen LogP contribution is 2.31. The Balaban J connectivity index is 1.07. The number of amides is 5. The Morgan fingerprint density at radius 3 is 2.31 bits per heavy atom. The number of rotatable bonds is 9. The Morgan fingerprint density at radius 2 is 1.58 bits per heavy atom. The number of carbonyl (C=O) groups is 5. The molecule has 4 aromatic rings. The van der Waals surface area contributed by atoms with Crippen molar-refractivity contribution in [3.05, 3.63) is 113 Å². The number of benzene rings is 4. The zero-order valence-corrected chi connectivity index (χ0v) is 24.2. The number of carbonyl (C=O) groups excluding carboxylic acids is 5. The lowest BCUT2D eigenvalue weighted by molar-refractivity contribution is -0.136. The van der Waals surface area contributed by atoms with E-state index in [4.69, 9.17) is 9.47 Å². The quantitative estimate of drug-likeness (QED) is 0.232. The van der Waals surface area contributed by atoms with E-state index in [-0.39, 0.29) is 29.9 Å². The van der Waals surface area contributed by atoms with Crippen LogP contribution in [-0.2, 0) is 16.1 Å². The molecule has 0 aromatic heterocycles. The molecular weight excluding hydrogens is 576 g/mol. The van der Waals surface area contributed by atoms with Gasteiger partial charge in [-0.05, 0) is 78.7 Å². The van der Waals surface area contributed by atoms with E-state index in [9.17, 15) is 24.0 Å². The lowest BCUT2D eigenvalue weighted by Gasteiger charge is -2.27. The van der Waals surface area contributed by atoms with Crippen molar-refractivity contribution in [2.24, 2.45) is 0 Å². The van der Waals surface area contributed by atoms with Crippen LogP contribution < -0.4 is 25.4 Å². The fourth-order valence-corrected chi connectivity index (χ4v) is 5.18. The summed E-state index contributed by atoms with van der Waals surface area (Å²) >= 11 is 0. The molecule has 0 bridgehead atoms. The average molecular weight is 605 g/mol. The largest absolute Gasteiger partial charge is 0.497 e. The molecule has 1 fully saturated rings. The summed E-state index contributed by atoms with van der Waals surface area (Å²) in [7, 11) is 1.59. The van der Waals surface area contributed by atoms with E-state index < -0.39 is 29.7 Å². The first kappa shape index (κ1) is 29.1. The molecule has 1 saturated heterocycles. The van der Waals surface area contributed by atoms with Crippen molar-refractivity contribution < 1.29 is 33.4 Å². The van der Waals surface area contributed by atoms with Gasteiger partial charge in [0.05, 0.1) is 23.9 Å². The van der Waals surface area contributed by atoms with Crippen molar-refractivity contribution in [2.45, 2.75) is 25.4 Å². The number of hydrogen-bond donors (Lipinski definition) is 3. The van der Waals surface area contributed by atoms with Crippen LogP contribution in [0.4, 0.5) is 11.4 Å². The maximum absolute atomic E-state index is 13.1.